The molecule has 160 valence electrons. The average Bonchev–Trinajstić information content (AvgIpc) is 2.87. The number of rotatable bonds is 6. The van der Waals surface area contributed by atoms with Crippen LogP contribution in [0.5, 0.6) is 11.5 Å². The van der Waals surface area contributed by atoms with Crippen LogP contribution < -0.4 is 9.47 Å². The minimum Gasteiger partial charge on any atom is -0.457 e. The maximum absolute atomic E-state index is 6.30. The second-order valence-corrected chi connectivity index (χ2v) is 7.44. The van der Waals surface area contributed by atoms with E-state index in [1.807, 2.05) is 84.9 Å². The molecule has 1 heterocycles. The molecular formula is C28H24O4. The molecule has 4 aromatic carbocycles. The molecule has 1 fully saturated rings. The van der Waals surface area contributed by atoms with Crippen molar-refractivity contribution in [3.8, 4) is 33.8 Å². The van der Waals surface area contributed by atoms with Gasteiger partial charge in [0.15, 0.2) is 0 Å². The molecule has 1 aliphatic rings. The van der Waals surface area contributed by atoms with E-state index >= 15 is 0 Å². The van der Waals surface area contributed by atoms with Gasteiger partial charge in [0.05, 0.1) is 13.2 Å². The zero-order valence-corrected chi connectivity index (χ0v) is 17.6. The largest absolute Gasteiger partial charge is 0.457 e. The molecule has 4 aromatic rings. The minimum atomic E-state index is -0.697. The van der Waals surface area contributed by atoms with Crippen LogP contribution in [0.4, 0.5) is 0 Å². The second kappa shape index (κ2) is 9.69. The fourth-order valence-corrected chi connectivity index (χ4v) is 3.77. The van der Waals surface area contributed by atoms with Gasteiger partial charge in [0, 0.05) is 11.1 Å². The van der Waals surface area contributed by atoms with Crippen molar-refractivity contribution in [3.63, 3.8) is 0 Å². The Kier molecular flexibility index (Phi) is 6.15. The lowest BCUT2D eigenvalue weighted by Gasteiger charge is -2.32. The Morgan fingerprint density at radius 3 is 1.28 bits per heavy atom. The van der Waals surface area contributed by atoms with Gasteiger partial charge in [-0.25, -0.2) is 0 Å². The molecule has 0 unspecified atom stereocenters. The van der Waals surface area contributed by atoms with E-state index in [1.54, 1.807) is 0 Å². The molecule has 4 nitrogen and oxygen atoms in total. The maximum Gasteiger partial charge on any atom is 0.263 e. The van der Waals surface area contributed by atoms with Crippen molar-refractivity contribution < 1.29 is 18.9 Å². The van der Waals surface area contributed by atoms with Crippen molar-refractivity contribution in [3.05, 3.63) is 109 Å². The third kappa shape index (κ3) is 4.52. The Morgan fingerprint density at radius 2 is 0.844 bits per heavy atom. The quantitative estimate of drug-likeness (QED) is 0.370. The van der Waals surface area contributed by atoms with E-state index in [0.717, 1.165) is 33.8 Å². The molecule has 5 rings (SSSR count). The number of para-hydroxylation sites is 2. The van der Waals surface area contributed by atoms with Crippen LogP contribution in [0, 0.1) is 0 Å². The molecule has 0 saturated carbocycles. The van der Waals surface area contributed by atoms with Crippen LogP contribution in [0.3, 0.4) is 0 Å². The van der Waals surface area contributed by atoms with E-state index < -0.39 is 12.6 Å². The van der Waals surface area contributed by atoms with Gasteiger partial charge in [-0.05, 0) is 23.3 Å². The topological polar surface area (TPSA) is 36.9 Å². The van der Waals surface area contributed by atoms with Crippen LogP contribution in [0.15, 0.2) is 109 Å². The zero-order valence-electron chi connectivity index (χ0n) is 17.6. The highest BCUT2D eigenvalue weighted by Gasteiger charge is 2.32. The summed E-state index contributed by atoms with van der Waals surface area (Å²) in [5.74, 6) is 1.44. The lowest BCUT2D eigenvalue weighted by atomic mass is 10.0. The number of ether oxygens (including phenoxy) is 4. The molecule has 0 bridgehead atoms. The van der Waals surface area contributed by atoms with Gasteiger partial charge in [-0.15, -0.1) is 0 Å². The summed E-state index contributed by atoms with van der Waals surface area (Å²) in [6.07, 6.45) is -1.39. The maximum atomic E-state index is 6.30. The Morgan fingerprint density at radius 1 is 0.469 bits per heavy atom. The highest BCUT2D eigenvalue weighted by molar-refractivity contribution is 5.71. The molecule has 1 saturated heterocycles. The molecule has 1 aliphatic heterocycles. The molecule has 0 N–H and O–H groups in total. The van der Waals surface area contributed by atoms with E-state index in [-0.39, 0.29) is 0 Å². The monoisotopic (exact) mass is 424 g/mol. The first-order chi connectivity index (χ1) is 15.9. The summed E-state index contributed by atoms with van der Waals surface area (Å²) < 4.78 is 24.5. The first kappa shape index (κ1) is 20.3. The molecule has 0 aliphatic carbocycles. The van der Waals surface area contributed by atoms with Crippen LogP contribution in [-0.2, 0) is 9.47 Å². The van der Waals surface area contributed by atoms with Crippen LogP contribution in [-0.4, -0.2) is 25.8 Å². The minimum absolute atomic E-state index is 0.443. The molecule has 0 spiro atoms. The van der Waals surface area contributed by atoms with Crippen molar-refractivity contribution >= 4 is 0 Å². The van der Waals surface area contributed by atoms with E-state index in [2.05, 4.69) is 24.3 Å². The van der Waals surface area contributed by atoms with Gasteiger partial charge in [0.2, 0.25) is 0 Å². The lowest BCUT2D eigenvalue weighted by molar-refractivity contribution is -0.270. The highest BCUT2D eigenvalue weighted by Crippen LogP contribution is 2.34. The van der Waals surface area contributed by atoms with E-state index in [1.165, 1.54) is 0 Å². The summed E-state index contributed by atoms with van der Waals surface area (Å²) in [6.45, 7) is 0.886. The number of benzene rings is 4. The smallest absolute Gasteiger partial charge is 0.263 e. The molecular weight excluding hydrogens is 400 g/mol. The van der Waals surface area contributed by atoms with Gasteiger partial charge in [-0.2, -0.15) is 0 Å². The van der Waals surface area contributed by atoms with Crippen LogP contribution in [0.1, 0.15) is 0 Å². The molecule has 0 aromatic heterocycles. The third-order valence-electron chi connectivity index (χ3n) is 5.30. The van der Waals surface area contributed by atoms with Gasteiger partial charge in [0.1, 0.15) is 11.5 Å². The fraction of sp³-hybridized carbons (Fsp3) is 0.143. The average molecular weight is 424 g/mol. The third-order valence-corrected chi connectivity index (χ3v) is 5.30. The van der Waals surface area contributed by atoms with Gasteiger partial charge < -0.3 is 18.9 Å². The van der Waals surface area contributed by atoms with Gasteiger partial charge >= 0.3 is 0 Å². The molecule has 4 heteroatoms. The Bertz CT molecular complexity index is 1050. The van der Waals surface area contributed by atoms with Gasteiger partial charge in [0.25, 0.3) is 12.6 Å². The Labute approximate surface area is 188 Å². The summed E-state index contributed by atoms with van der Waals surface area (Å²) in [6, 6.07) is 36.1. The van der Waals surface area contributed by atoms with Crippen molar-refractivity contribution in [2.75, 3.05) is 13.2 Å². The Balaban J connectivity index is 1.40. The SMILES string of the molecule is c1ccc(-c2ccccc2O[C@@H]2OCCO[C@H]2Oc2ccccc2-c2ccccc2)cc1. The van der Waals surface area contributed by atoms with E-state index in [0.29, 0.717) is 13.2 Å². The summed E-state index contributed by atoms with van der Waals surface area (Å²) in [7, 11) is 0. The van der Waals surface area contributed by atoms with Crippen molar-refractivity contribution in [1.82, 2.24) is 0 Å². The summed E-state index contributed by atoms with van der Waals surface area (Å²) in [4.78, 5) is 0. The Hall–Kier alpha value is -3.60. The van der Waals surface area contributed by atoms with Gasteiger partial charge in [-0.3, -0.25) is 0 Å². The van der Waals surface area contributed by atoms with Crippen LogP contribution >= 0.6 is 0 Å². The van der Waals surface area contributed by atoms with E-state index in [4.69, 9.17) is 18.9 Å². The highest BCUT2D eigenvalue weighted by atomic mass is 16.8. The van der Waals surface area contributed by atoms with Crippen LogP contribution in [0.25, 0.3) is 22.3 Å². The first-order valence-electron chi connectivity index (χ1n) is 10.7. The zero-order chi connectivity index (χ0) is 21.6. The first-order valence-corrected chi connectivity index (χ1v) is 10.7. The molecule has 0 amide bonds. The molecule has 0 radical (unpaired) electrons. The predicted molar refractivity (Wildman–Crippen MR) is 124 cm³/mol. The standard InChI is InChI=1S/C28H24O4/c1-3-11-21(12-4-1)23-15-7-9-17-25(23)31-27-28(30-20-19-29-27)32-26-18-10-8-16-24(26)22-13-5-2-6-14-22/h1-18,27-28H,19-20H2/t27-,28-/m0/s1. The van der Waals surface area contributed by atoms with Crippen molar-refractivity contribution in [1.29, 1.82) is 0 Å². The summed E-state index contributed by atoms with van der Waals surface area (Å²) in [5.41, 5.74) is 4.13. The van der Waals surface area contributed by atoms with Crippen molar-refractivity contribution in [2.45, 2.75) is 12.6 Å². The predicted octanol–water partition coefficient (Wildman–Crippen LogP) is 6.18. The summed E-state index contributed by atoms with van der Waals surface area (Å²) in [5, 5.41) is 0. The summed E-state index contributed by atoms with van der Waals surface area (Å²) >= 11 is 0. The normalized spacial score (nSPS) is 18.1. The van der Waals surface area contributed by atoms with Crippen LogP contribution in [0.2, 0.25) is 0 Å². The molecule has 32 heavy (non-hydrogen) atoms. The fourth-order valence-electron chi connectivity index (χ4n) is 3.77. The lowest BCUT2D eigenvalue weighted by Crippen LogP contribution is -2.45. The number of hydrogen-bond donors (Lipinski definition) is 0. The second-order valence-electron chi connectivity index (χ2n) is 7.44. The molecule has 2 atom stereocenters. The van der Waals surface area contributed by atoms with Crippen molar-refractivity contribution in [2.24, 2.45) is 0 Å². The van der Waals surface area contributed by atoms with Gasteiger partial charge in [-0.1, -0.05) is 97.1 Å². The number of hydrogen-bond acceptors (Lipinski definition) is 4. The van der Waals surface area contributed by atoms with E-state index in [9.17, 15) is 0 Å².